The van der Waals surface area contributed by atoms with Gasteiger partial charge in [0.25, 0.3) is 5.91 Å². The summed E-state index contributed by atoms with van der Waals surface area (Å²) in [6, 6.07) is 17.3. The van der Waals surface area contributed by atoms with E-state index < -0.39 is 33.7 Å². The predicted molar refractivity (Wildman–Crippen MR) is 139 cm³/mol. The minimum absolute atomic E-state index is 0.00957. The summed E-state index contributed by atoms with van der Waals surface area (Å²) < 4.78 is 69.9. The Morgan fingerprint density at radius 2 is 1.82 bits per heavy atom. The van der Waals surface area contributed by atoms with Crippen molar-refractivity contribution in [3.8, 4) is 22.6 Å². The highest BCUT2D eigenvalue weighted by Gasteiger charge is 2.39. The van der Waals surface area contributed by atoms with Crippen molar-refractivity contribution in [1.29, 1.82) is 0 Å². The fourth-order valence-corrected chi connectivity index (χ4v) is 7.22. The number of amides is 1. The van der Waals surface area contributed by atoms with Crippen LogP contribution in [0.4, 0.5) is 13.2 Å². The molecule has 2 heterocycles. The molecule has 1 atom stereocenters. The van der Waals surface area contributed by atoms with E-state index in [-0.39, 0.29) is 17.3 Å². The van der Waals surface area contributed by atoms with Gasteiger partial charge in [0.1, 0.15) is 11.6 Å². The number of benzene rings is 3. The molecule has 0 radical (unpaired) electrons. The van der Waals surface area contributed by atoms with Crippen LogP contribution < -0.4 is 10.1 Å². The third-order valence-electron chi connectivity index (χ3n) is 6.82. The summed E-state index contributed by atoms with van der Waals surface area (Å²) in [6.45, 7) is 0.597. The number of alkyl halides is 2. The topological polar surface area (TPSA) is 77.4 Å². The molecule has 1 saturated heterocycles. The molecule has 1 amide bonds. The van der Waals surface area contributed by atoms with Crippen molar-refractivity contribution in [3.05, 3.63) is 83.8 Å². The quantitative estimate of drug-likeness (QED) is 0.342. The summed E-state index contributed by atoms with van der Waals surface area (Å²) in [5, 5.41) is 3.62. The fraction of sp³-hybridized carbons (Fsp3) is 0.250. The molecule has 1 fully saturated rings. The second kappa shape index (κ2) is 9.50. The normalized spacial score (nSPS) is 18.7. The van der Waals surface area contributed by atoms with E-state index in [0.29, 0.717) is 28.8 Å². The molecule has 0 bridgehead atoms. The third-order valence-corrected chi connectivity index (χ3v) is 8.72. The number of sulfone groups is 1. The molecule has 0 saturated carbocycles. The highest BCUT2D eigenvalue weighted by molar-refractivity contribution is 7.91. The summed E-state index contributed by atoms with van der Waals surface area (Å²) >= 11 is 0. The SMILES string of the molecule is Cc1c(-c2cccc(OC(F)F)c2)c2ccc(C(=O)NC3(C)CCS(=O)(=O)C3)cc2n1-c1ccc(F)cc1. The van der Waals surface area contributed by atoms with Crippen molar-refractivity contribution in [1.82, 2.24) is 9.88 Å². The third kappa shape index (κ3) is 5.00. The van der Waals surface area contributed by atoms with E-state index in [1.54, 1.807) is 49.4 Å². The minimum Gasteiger partial charge on any atom is -0.435 e. The average Bonchev–Trinajstić information content (AvgIpc) is 3.29. The number of fused-ring (bicyclic) bond motifs is 1. The summed E-state index contributed by atoms with van der Waals surface area (Å²) in [6.07, 6.45) is 0.329. The molecule has 0 spiro atoms. The van der Waals surface area contributed by atoms with Gasteiger partial charge in [-0.3, -0.25) is 4.79 Å². The molecule has 0 aliphatic carbocycles. The second-order valence-corrected chi connectivity index (χ2v) is 12.0. The van der Waals surface area contributed by atoms with E-state index in [9.17, 15) is 26.4 Å². The van der Waals surface area contributed by atoms with Gasteiger partial charge in [0.15, 0.2) is 9.84 Å². The predicted octanol–water partition coefficient (Wildman–Crippen LogP) is 5.65. The maximum atomic E-state index is 13.7. The van der Waals surface area contributed by atoms with Crippen molar-refractivity contribution in [2.24, 2.45) is 0 Å². The Hall–Kier alpha value is -3.79. The van der Waals surface area contributed by atoms with Crippen molar-refractivity contribution in [2.75, 3.05) is 11.5 Å². The van der Waals surface area contributed by atoms with Gasteiger partial charge in [-0.2, -0.15) is 8.78 Å². The molecule has 38 heavy (non-hydrogen) atoms. The summed E-state index contributed by atoms with van der Waals surface area (Å²) in [5.41, 5.74) is 2.86. The first-order valence-electron chi connectivity index (χ1n) is 11.9. The molecule has 4 aromatic rings. The number of ether oxygens (including phenoxy) is 1. The van der Waals surface area contributed by atoms with Gasteiger partial charge in [-0.25, -0.2) is 12.8 Å². The highest BCUT2D eigenvalue weighted by Crippen LogP contribution is 2.38. The zero-order valence-corrected chi connectivity index (χ0v) is 21.5. The molecule has 1 unspecified atom stereocenters. The smallest absolute Gasteiger partial charge is 0.387 e. The number of hydrogen-bond donors (Lipinski definition) is 1. The minimum atomic E-state index is -3.21. The van der Waals surface area contributed by atoms with Crippen molar-refractivity contribution < 1.29 is 31.1 Å². The Bertz CT molecular complexity index is 1650. The van der Waals surface area contributed by atoms with Gasteiger partial charge in [-0.05, 0) is 74.4 Å². The number of rotatable bonds is 6. The number of carbonyl (C=O) groups is 1. The van der Waals surface area contributed by atoms with Gasteiger partial charge in [-0.1, -0.05) is 18.2 Å². The lowest BCUT2D eigenvalue weighted by Gasteiger charge is -2.24. The first-order chi connectivity index (χ1) is 17.9. The summed E-state index contributed by atoms with van der Waals surface area (Å²) in [5.74, 6) is -0.909. The van der Waals surface area contributed by atoms with Gasteiger partial charge in [0.05, 0.1) is 22.6 Å². The first-order valence-corrected chi connectivity index (χ1v) is 13.8. The Balaban J connectivity index is 1.64. The molecule has 1 N–H and O–H groups in total. The number of nitrogens with zero attached hydrogens (tertiary/aromatic N) is 1. The molecular weight excluding hydrogens is 517 g/mol. The maximum Gasteiger partial charge on any atom is 0.387 e. The lowest BCUT2D eigenvalue weighted by Crippen LogP contribution is -2.46. The van der Waals surface area contributed by atoms with Crippen molar-refractivity contribution in [2.45, 2.75) is 32.4 Å². The van der Waals surface area contributed by atoms with Crippen LogP contribution in [-0.2, 0) is 9.84 Å². The number of halogens is 3. The largest absolute Gasteiger partial charge is 0.435 e. The lowest BCUT2D eigenvalue weighted by molar-refractivity contribution is -0.0498. The highest BCUT2D eigenvalue weighted by atomic mass is 32.2. The molecule has 5 rings (SSSR count). The van der Waals surface area contributed by atoms with Crippen LogP contribution in [0, 0.1) is 12.7 Å². The van der Waals surface area contributed by atoms with Crippen LogP contribution in [0.1, 0.15) is 29.4 Å². The molecule has 198 valence electrons. The van der Waals surface area contributed by atoms with E-state index in [1.807, 2.05) is 11.5 Å². The van der Waals surface area contributed by atoms with E-state index in [2.05, 4.69) is 10.1 Å². The Morgan fingerprint density at radius 1 is 1.08 bits per heavy atom. The van der Waals surface area contributed by atoms with Gasteiger partial charge >= 0.3 is 6.61 Å². The molecule has 6 nitrogen and oxygen atoms in total. The number of aromatic nitrogens is 1. The van der Waals surface area contributed by atoms with E-state index >= 15 is 0 Å². The van der Waals surface area contributed by atoms with Gasteiger partial charge in [0.2, 0.25) is 0 Å². The Labute approximate surface area is 218 Å². The van der Waals surface area contributed by atoms with E-state index in [1.165, 1.54) is 24.3 Å². The van der Waals surface area contributed by atoms with Crippen LogP contribution in [0.3, 0.4) is 0 Å². The molecule has 3 aromatic carbocycles. The van der Waals surface area contributed by atoms with E-state index in [4.69, 9.17) is 0 Å². The number of carbonyl (C=O) groups excluding carboxylic acids is 1. The second-order valence-electron chi connectivity index (χ2n) is 9.77. The van der Waals surface area contributed by atoms with Crippen LogP contribution in [-0.4, -0.2) is 42.5 Å². The zero-order valence-electron chi connectivity index (χ0n) is 20.7. The molecule has 1 aromatic heterocycles. The number of nitrogens with one attached hydrogen (secondary N) is 1. The standard InChI is InChI=1S/C28H25F3N2O4S/c1-17-25(18-4-3-5-22(14-18)37-27(30)31)23-11-6-19(26(34)32-28(2)12-13-38(35,36)16-28)15-24(23)33(17)21-9-7-20(29)8-10-21/h3-11,14-15,27H,12-13,16H2,1-2H3,(H,32,34). The zero-order chi connectivity index (χ0) is 27.2. The van der Waals surface area contributed by atoms with Crippen LogP contribution in [0.25, 0.3) is 27.7 Å². The van der Waals surface area contributed by atoms with Gasteiger partial charge in [-0.15, -0.1) is 0 Å². The van der Waals surface area contributed by atoms with E-state index in [0.717, 1.165) is 16.6 Å². The van der Waals surface area contributed by atoms with Crippen LogP contribution >= 0.6 is 0 Å². The molecule has 1 aliphatic heterocycles. The molecule has 1 aliphatic rings. The van der Waals surface area contributed by atoms with Gasteiger partial charge < -0.3 is 14.6 Å². The Kier molecular flexibility index (Phi) is 6.46. The summed E-state index contributed by atoms with van der Waals surface area (Å²) in [4.78, 5) is 13.2. The maximum absolute atomic E-state index is 13.7. The molecule has 10 heteroatoms. The first kappa shape index (κ1) is 25.8. The monoisotopic (exact) mass is 542 g/mol. The van der Waals surface area contributed by atoms with Crippen LogP contribution in [0.5, 0.6) is 5.75 Å². The van der Waals surface area contributed by atoms with Crippen molar-refractivity contribution in [3.63, 3.8) is 0 Å². The van der Waals surface area contributed by atoms with Crippen LogP contribution in [0.15, 0.2) is 66.7 Å². The number of hydrogen-bond acceptors (Lipinski definition) is 4. The summed E-state index contributed by atoms with van der Waals surface area (Å²) in [7, 11) is -3.21. The van der Waals surface area contributed by atoms with Gasteiger partial charge in [0, 0.05) is 27.9 Å². The lowest BCUT2D eigenvalue weighted by atomic mass is 9.99. The molecular formula is C28H25F3N2O4S. The Morgan fingerprint density at radius 3 is 2.47 bits per heavy atom. The van der Waals surface area contributed by atoms with Crippen molar-refractivity contribution >= 4 is 26.6 Å². The average molecular weight is 543 g/mol. The fourth-order valence-electron chi connectivity index (χ4n) is 5.13. The van der Waals surface area contributed by atoms with Crippen LogP contribution in [0.2, 0.25) is 0 Å².